The number of rotatable bonds is 4. The summed E-state index contributed by atoms with van der Waals surface area (Å²) in [7, 11) is 0. The number of nitrogens with two attached hydrogens (primary N) is 1. The SMILES string of the molecule is CCOc1cccc(N)c1C(=O)Nc1ccc(Cl)cc1. The molecule has 2 aromatic rings. The summed E-state index contributed by atoms with van der Waals surface area (Å²) in [6.45, 7) is 2.31. The van der Waals surface area contributed by atoms with E-state index in [1.54, 1.807) is 42.5 Å². The van der Waals surface area contributed by atoms with Crippen molar-refractivity contribution >= 4 is 28.9 Å². The van der Waals surface area contributed by atoms with Crippen LogP contribution >= 0.6 is 11.6 Å². The molecule has 0 saturated heterocycles. The number of carbonyl (C=O) groups excluding carboxylic acids is 1. The quantitative estimate of drug-likeness (QED) is 0.846. The Morgan fingerprint density at radius 1 is 1.25 bits per heavy atom. The van der Waals surface area contributed by atoms with Crippen LogP contribution in [-0.4, -0.2) is 12.5 Å². The summed E-state index contributed by atoms with van der Waals surface area (Å²) < 4.78 is 5.43. The molecule has 0 heterocycles. The first kappa shape index (κ1) is 14.2. The summed E-state index contributed by atoms with van der Waals surface area (Å²) in [4.78, 5) is 12.3. The molecule has 0 aliphatic heterocycles. The predicted octanol–water partition coefficient (Wildman–Crippen LogP) is 3.57. The highest BCUT2D eigenvalue weighted by molar-refractivity contribution is 6.30. The molecule has 4 nitrogen and oxygen atoms in total. The fourth-order valence-electron chi connectivity index (χ4n) is 1.79. The van der Waals surface area contributed by atoms with Crippen LogP contribution < -0.4 is 15.8 Å². The van der Waals surface area contributed by atoms with Crippen LogP contribution in [0.25, 0.3) is 0 Å². The van der Waals surface area contributed by atoms with E-state index < -0.39 is 0 Å². The second-order valence-corrected chi connectivity index (χ2v) is 4.55. The Hall–Kier alpha value is -2.20. The maximum absolute atomic E-state index is 12.3. The van der Waals surface area contributed by atoms with E-state index in [9.17, 15) is 4.79 Å². The second kappa shape index (κ2) is 6.30. The van der Waals surface area contributed by atoms with Gasteiger partial charge in [0.15, 0.2) is 0 Å². The van der Waals surface area contributed by atoms with Gasteiger partial charge in [0.1, 0.15) is 11.3 Å². The molecule has 5 heteroatoms. The molecule has 0 radical (unpaired) electrons. The first-order chi connectivity index (χ1) is 9.61. The Morgan fingerprint density at radius 3 is 2.60 bits per heavy atom. The zero-order valence-electron chi connectivity index (χ0n) is 11.0. The van der Waals surface area contributed by atoms with Crippen LogP contribution in [0.3, 0.4) is 0 Å². The predicted molar refractivity (Wildman–Crippen MR) is 81.4 cm³/mol. The van der Waals surface area contributed by atoms with E-state index in [0.29, 0.717) is 34.3 Å². The molecular formula is C15H15ClN2O2. The zero-order valence-corrected chi connectivity index (χ0v) is 11.8. The number of halogens is 1. The van der Waals surface area contributed by atoms with Crippen molar-refractivity contribution in [3.63, 3.8) is 0 Å². The van der Waals surface area contributed by atoms with Gasteiger partial charge < -0.3 is 15.8 Å². The van der Waals surface area contributed by atoms with Crippen molar-refractivity contribution in [2.75, 3.05) is 17.7 Å². The van der Waals surface area contributed by atoms with Crippen molar-refractivity contribution in [2.45, 2.75) is 6.92 Å². The fourth-order valence-corrected chi connectivity index (χ4v) is 1.92. The largest absolute Gasteiger partial charge is 0.493 e. The molecule has 0 unspecified atom stereocenters. The molecule has 1 amide bonds. The van der Waals surface area contributed by atoms with Gasteiger partial charge in [0, 0.05) is 16.4 Å². The molecule has 0 saturated carbocycles. The Labute approximate surface area is 122 Å². The third-order valence-electron chi connectivity index (χ3n) is 2.69. The molecule has 20 heavy (non-hydrogen) atoms. The number of anilines is 2. The van der Waals surface area contributed by atoms with E-state index in [1.807, 2.05) is 6.92 Å². The zero-order chi connectivity index (χ0) is 14.5. The van der Waals surface area contributed by atoms with Crippen LogP contribution in [0.2, 0.25) is 5.02 Å². The minimum Gasteiger partial charge on any atom is -0.493 e. The van der Waals surface area contributed by atoms with Crippen molar-refractivity contribution in [1.29, 1.82) is 0 Å². The van der Waals surface area contributed by atoms with Crippen LogP contribution in [-0.2, 0) is 0 Å². The molecule has 0 aliphatic carbocycles. The van der Waals surface area contributed by atoms with E-state index in [4.69, 9.17) is 22.1 Å². The number of nitrogens with one attached hydrogen (secondary N) is 1. The second-order valence-electron chi connectivity index (χ2n) is 4.11. The Bertz CT molecular complexity index is 612. The topological polar surface area (TPSA) is 64.3 Å². The van der Waals surface area contributed by atoms with Crippen LogP contribution in [0, 0.1) is 0 Å². The van der Waals surface area contributed by atoms with Crippen LogP contribution in [0.5, 0.6) is 5.75 Å². The summed E-state index contributed by atoms with van der Waals surface area (Å²) >= 11 is 5.80. The number of amides is 1. The summed E-state index contributed by atoms with van der Waals surface area (Å²) in [6, 6.07) is 12.0. The van der Waals surface area contributed by atoms with Crippen molar-refractivity contribution < 1.29 is 9.53 Å². The highest BCUT2D eigenvalue weighted by Crippen LogP contribution is 2.26. The van der Waals surface area contributed by atoms with Gasteiger partial charge in [-0.2, -0.15) is 0 Å². The molecular weight excluding hydrogens is 276 g/mol. The van der Waals surface area contributed by atoms with Gasteiger partial charge in [-0.15, -0.1) is 0 Å². The van der Waals surface area contributed by atoms with Crippen molar-refractivity contribution in [2.24, 2.45) is 0 Å². The van der Waals surface area contributed by atoms with E-state index in [2.05, 4.69) is 5.32 Å². The molecule has 0 fully saturated rings. The van der Waals surface area contributed by atoms with Gasteiger partial charge in [0.25, 0.3) is 5.91 Å². The lowest BCUT2D eigenvalue weighted by Gasteiger charge is -2.12. The van der Waals surface area contributed by atoms with E-state index >= 15 is 0 Å². The number of nitrogen functional groups attached to an aromatic ring is 1. The number of carbonyl (C=O) groups is 1. The van der Waals surface area contributed by atoms with Gasteiger partial charge in [-0.3, -0.25) is 4.79 Å². The van der Waals surface area contributed by atoms with Gasteiger partial charge in [-0.25, -0.2) is 0 Å². The first-order valence-electron chi connectivity index (χ1n) is 6.20. The molecule has 3 N–H and O–H groups in total. The summed E-state index contributed by atoms with van der Waals surface area (Å²) in [5, 5.41) is 3.38. The van der Waals surface area contributed by atoms with Crippen LogP contribution in [0.15, 0.2) is 42.5 Å². The third kappa shape index (κ3) is 3.22. The van der Waals surface area contributed by atoms with Crippen molar-refractivity contribution in [1.82, 2.24) is 0 Å². The minimum absolute atomic E-state index is 0.311. The van der Waals surface area contributed by atoms with Crippen molar-refractivity contribution in [3.8, 4) is 5.75 Å². The third-order valence-corrected chi connectivity index (χ3v) is 2.94. The average Bonchev–Trinajstić information content (AvgIpc) is 2.42. The van der Waals surface area contributed by atoms with Gasteiger partial charge in [0.2, 0.25) is 0 Å². The molecule has 0 spiro atoms. The Morgan fingerprint density at radius 2 is 1.95 bits per heavy atom. The number of hydrogen-bond acceptors (Lipinski definition) is 3. The van der Waals surface area contributed by atoms with Crippen LogP contribution in [0.4, 0.5) is 11.4 Å². The minimum atomic E-state index is -0.311. The number of benzene rings is 2. The lowest BCUT2D eigenvalue weighted by atomic mass is 10.1. The number of ether oxygens (including phenoxy) is 1. The lowest BCUT2D eigenvalue weighted by Crippen LogP contribution is -2.15. The molecule has 0 aromatic heterocycles. The van der Waals surface area contributed by atoms with E-state index in [-0.39, 0.29) is 5.91 Å². The highest BCUT2D eigenvalue weighted by atomic mass is 35.5. The van der Waals surface area contributed by atoms with E-state index in [1.165, 1.54) is 0 Å². The molecule has 104 valence electrons. The summed E-state index contributed by atoms with van der Waals surface area (Å²) in [5.74, 6) is 0.160. The normalized spacial score (nSPS) is 10.1. The summed E-state index contributed by atoms with van der Waals surface area (Å²) in [6.07, 6.45) is 0. The number of hydrogen-bond donors (Lipinski definition) is 2. The van der Waals surface area contributed by atoms with E-state index in [0.717, 1.165) is 0 Å². The maximum Gasteiger partial charge on any atom is 0.261 e. The average molecular weight is 291 g/mol. The standard InChI is InChI=1S/C15H15ClN2O2/c1-2-20-13-5-3-4-12(17)14(13)15(19)18-11-8-6-10(16)7-9-11/h3-9H,2,17H2,1H3,(H,18,19). The molecule has 0 atom stereocenters. The Balaban J connectivity index is 2.26. The molecule has 2 aromatic carbocycles. The lowest BCUT2D eigenvalue weighted by molar-refractivity contribution is 0.102. The molecule has 0 bridgehead atoms. The summed E-state index contributed by atoms with van der Waals surface area (Å²) in [5.41, 5.74) is 7.23. The van der Waals surface area contributed by atoms with Gasteiger partial charge >= 0.3 is 0 Å². The van der Waals surface area contributed by atoms with Gasteiger partial charge in [-0.1, -0.05) is 17.7 Å². The van der Waals surface area contributed by atoms with Gasteiger partial charge in [-0.05, 0) is 43.3 Å². The maximum atomic E-state index is 12.3. The van der Waals surface area contributed by atoms with Crippen LogP contribution in [0.1, 0.15) is 17.3 Å². The molecule has 0 aliphatic rings. The fraction of sp³-hybridized carbons (Fsp3) is 0.133. The molecule has 2 rings (SSSR count). The highest BCUT2D eigenvalue weighted by Gasteiger charge is 2.16. The smallest absolute Gasteiger partial charge is 0.261 e. The Kier molecular flexibility index (Phi) is 4.48. The first-order valence-corrected chi connectivity index (χ1v) is 6.58. The monoisotopic (exact) mass is 290 g/mol. The van der Waals surface area contributed by atoms with Crippen molar-refractivity contribution in [3.05, 3.63) is 53.1 Å². The van der Waals surface area contributed by atoms with Gasteiger partial charge in [0.05, 0.1) is 6.61 Å².